The maximum Gasteiger partial charge on any atom is 0.255 e. The summed E-state index contributed by atoms with van der Waals surface area (Å²) in [5, 5.41) is 0. The Bertz CT molecular complexity index is 356. The van der Waals surface area contributed by atoms with Gasteiger partial charge >= 0.3 is 0 Å². The van der Waals surface area contributed by atoms with Gasteiger partial charge in [-0.15, -0.1) is 0 Å². The summed E-state index contributed by atoms with van der Waals surface area (Å²) < 4.78 is 25.2. The lowest BCUT2D eigenvalue weighted by Gasteiger charge is -2.21. The monoisotopic (exact) mass is 292 g/mol. The highest BCUT2D eigenvalue weighted by atomic mass is 79.9. The van der Waals surface area contributed by atoms with Crippen molar-refractivity contribution in [2.75, 3.05) is 18.5 Å². The zero-order valence-corrected chi connectivity index (χ0v) is 10.8. The molecule has 1 rings (SSSR count). The molecule has 0 spiro atoms. The fourth-order valence-corrected chi connectivity index (χ4v) is 2.12. The Morgan fingerprint density at radius 2 is 2.06 bits per heavy atom. The first kappa shape index (κ1) is 13.4. The molecule has 0 heterocycles. The van der Waals surface area contributed by atoms with Crippen molar-refractivity contribution in [2.45, 2.75) is 19.4 Å². The number of rotatable bonds is 4. The summed E-state index contributed by atoms with van der Waals surface area (Å²) in [4.78, 5) is 1.51. The highest BCUT2D eigenvalue weighted by Gasteiger charge is 2.12. The number of alkyl halides is 2. The van der Waals surface area contributed by atoms with Crippen molar-refractivity contribution in [3.63, 3.8) is 0 Å². The van der Waals surface area contributed by atoms with Crippen LogP contribution in [0.4, 0.5) is 14.5 Å². The lowest BCUT2D eigenvalue weighted by Crippen LogP contribution is -2.24. The molecule has 0 bridgehead atoms. The summed E-state index contributed by atoms with van der Waals surface area (Å²) in [5.74, 6) is 0. The van der Waals surface area contributed by atoms with E-state index in [1.54, 1.807) is 13.1 Å². The largest absolute Gasteiger partial charge is 0.368 e. The van der Waals surface area contributed by atoms with Crippen molar-refractivity contribution in [2.24, 2.45) is 5.73 Å². The molecule has 0 fully saturated rings. The van der Waals surface area contributed by atoms with Crippen LogP contribution < -0.4 is 10.6 Å². The van der Waals surface area contributed by atoms with Crippen LogP contribution in [0.5, 0.6) is 0 Å². The van der Waals surface area contributed by atoms with Crippen LogP contribution in [-0.4, -0.2) is 20.0 Å². The van der Waals surface area contributed by atoms with Gasteiger partial charge in [0, 0.05) is 17.6 Å². The van der Waals surface area contributed by atoms with Gasteiger partial charge in [0.1, 0.15) is 0 Å². The zero-order chi connectivity index (χ0) is 12.3. The second kappa shape index (κ2) is 5.59. The van der Waals surface area contributed by atoms with Gasteiger partial charge in [0.2, 0.25) is 0 Å². The zero-order valence-electron chi connectivity index (χ0n) is 9.25. The lowest BCUT2D eigenvalue weighted by atomic mass is 10.1. The molecular weight excluding hydrogens is 278 g/mol. The van der Waals surface area contributed by atoms with Gasteiger partial charge < -0.3 is 10.6 Å². The second-order valence-electron chi connectivity index (χ2n) is 3.77. The van der Waals surface area contributed by atoms with Crippen molar-refractivity contribution < 1.29 is 8.78 Å². The maximum absolute atomic E-state index is 12.2. The van der Waals surface area contributed by atoms with Crippen molar-refractivity contribution in [1.29, 1.82) is 0 Å². The van der Waals surface area contributed by atoms with E-state index in [2.05, 4.69) is 15.9 Å². The van der Waals surface area contributed by atoms with Crippen molar-refractivity contribution in [3.05, 3.63) is 28.2 Å². The van der Waals surface area contributed by atoms with E-state index in [0.29, 0.717) is 0 Å². The number of nitrogens with two attached hydrogens (primary N) is 1. The maximum atomic E-state index is 12.2. The molecule has 2 nitrogen and oxygen atoms in total. The van der Waals surface area contributed by atoms with Crippen LogP contribution >= 0.6 is 15.9 Å². The molecule has 0 aliphatic carbocycles. The summed E-state index contributed by atoms with van der Waals surface area (Å²) in [5.41, 5.74) is 7.45. The van der Waals surface area contributed by atoms with Crippen LogP contribution in [0.1, 0.15) is 18.5 Å². The van der Waals surface area contributed by atoms with Gasteiger partial charge in [0.05, 0.1) is 12.2 Å². The number of halogens is 3. The van der Waals surface area contributed by atoms with E-state index >= 15 is 0 Å². The third-order valence-electron chi connectivity index (χ3n) is 2.32. The SMILES string of the molecule is C[C@@H](N)c1ccc(N(C)CC(F)F)c(Br)c1. The third kappa shape index (κ3) is 3.42. The van der Waals surface area contributed by atoms with Crippen LogP contribution in [0.3, 0.4) is 0 Å². The van der Waals surface area contributed by atoms with Crippen molar-refractivity contribution >= 4 is 21.6 Å². The molecule has 0 aliphatic heterocycles. The molecule has 0 saturated heterocycles. The molecule has 5 heteroatoms. The average molecular weight is 293 g/mol. The number of hydrogen-bond acceptors (Lipinski definition) is 2. The number of anilines is 1. The van der Waals surface area contributed by atoms with Crippen LogP contribution in [-0.2, 0) is 0 Å². The third-order valence-corrected chi connectivity index (χ3v) is 2.96. The van der Waals surface area contributed by atoms with E-state index in [9.17, 15) is 8.78 Å². The fraction of sp³-hybridized carbons (Fsp3) is 0.455. The first-order chi connectivity index (χ1) is 7.41. The van der Waals surface area contributed by atoms with Crippen LogP contribution in [0.25, 0.3) is 0 Å². The first-order valence-corrected chi connectivity index (χ1v) is 5.75. The molecule has 0 amide bonds. The highest BCUT2D eigenvalue weighted by molar-refractivity contribution is 9.10. The van der Waals surface area contributed by atoms with Gasteiger partial charge in [-0.3, -0.25) is 0 Å². The van der Waals surface area contributed by atoms with Gasteiger partial charge in [0.15, 0.2) is 0 Å². The summed E-state index contributed by atoms with van der Waals surface area (Å²) in [7, 11) is 1.64. The van der Waals surface area contributed by atoms with E-state index in [0.717, 1.165) is 15.7 Å². The molecule has 0 unspecified atom stereocenters. The van der Waals surface area contributed by atoms with Crippen LogP contribution in [0.15, 0.2) is 22.7 Å². The molecule has 1 aromatic rings. The topological polar surface area (TPSA) is 29.3 Å². The molecular formula is C11H15BrF2N2. The minimum atomic E-state index is -2.34. The molecule has 1 atom stereocenters. The fourth-order valence-electron chi connectivity index (χ4n) is 1.42. The molecule has 0 aliphatic rings. The number of nitrogens with zero attached hydrogens (tertiary/aromatic N) is 1. The van der Waals surface area contributed by atoms with Gasteiger partial charge in [-0.2, -0.15) is 0 Å². The smallest absolute Gasteiger partial charge is 0.255 e. The van der Waals surface area contributed by atoms with Gasteiger partial charge in [-0.25, -0.2) is 8.78 Å². The highest BCUT2D eigenvalue weighted by Crippen LogP contribution is 2.28. The lowest BCUT2D eigenvalue weighted by molar-refractivity contribution is 0.156. The number of hydrogen-bond donors (Lipinski definition) is 1. The van der Waals surface area contributed by atoms with Gasteiger partial charge in [-0.05, 0) is 40.5 Å². The average Bonchev–Trinajstić information content (AvgIpc) is 2.15. The Morgan fingerprint density at radius 1 is 1.44 bits per heavy atom. The minimum Gasteiger partial charge on any atom is -0.368 e. The van der Waals surface area contributed by atoms with E-state index in [-0.39, 0.29) is 12.6 Å². The Hall–Kier alpha value is -0.680. The van der Waals surface area contributed by atoms with E-state index in [4.69, 9.17) is 5.73 Å². The molecule has 0 radical (unpaired) electrons. The van der Waals surface area contributed by atoms with E-state index < -0.39 is 6.43 Å². The molecule has 0 saturated carbocycles. The predicted octanol–water partition coefficient (Wildman–Crippen LogP) is 3.17. The van der Waals surface area contributed by atoms with Gasteiger partial charge in [0.25, 0.3) is 6.43 Å². The Labute approximate surface area is 103 Å². The summed E-state index contributed by atoms with van der Waals surface area (Å²) in [6.45, 7) is 1.60. The Morgan fingerprint density at radius 3 is 2.50 bits per heavy atom. The van der Waals surface area contributed by atoms with Crippen molar-refractivity contribution in [3.8, 4) is 0 Å². The second-order valence-corrected chi connectivity index (χ2v) is 4.63. The quantitative estimate of drug-likeness (QED) is 0.924. The van der Waals surface area contributed by atoms with Gasteiger partial charge in [-0.1, -0.05) is 6.07 Å². The van der Waals surface area contributed by atoms with E-state index in [1.807, 2.05) is 19.1 Å². The van der Waals surface area contributed by atoms with E-state index in [1.165, 1.54) is 4.90 Å². The molecule has 0 aromatic heterocycles. The normalized spacial score (nSPS) is 12.9. The molecule has 16 heavy (non-hydrogen) atoms. The molecule has 90 valence electrons. The Kier molecular flexibility index (Phi) is 4.68. The minimum absolute atomic E-state index is 0.0641. The summed E-state index contributed by atoms with van der Waals surface area (Å²) in [6, 6.07) is 5.45. The summed E-state index contributed by atoms with van der Waals surface area (Å²) in [6.07, 6.45) is -2.34. The molecule has 1 aromatic carbocycles. The summed E-state index contributed by atoms with van der Waals surface area (Å²) >= 11 is 3.36. The van der Waals surface area contributed by atoms with Crippen molar-refractivity contribution in [1.82, 2.24) is 0 Å². The van der Waals surface area contributed by atoms with Crippen LogP contribution in [0.2, 0.25) is 0 Å². The predicted molar refractivity (Wildman–Crippen MR) is 66.0 cm³/mol. The van der Waals surface area contributed by atoms with Crippen LogP contribution in [0, 0.1) is 0 Å². The first-order valence-electron chi connectivity index (χ1n) is 4.96. The number of benzene rings is 1. The Balaban J connectivity index is 2.90. The molecule has 2 N–H and O–H groups in total. The standard InChI is InChI=1S/C11H15BrF2N2/c1-7(15)8-3-4-10(9(12)5-8)16(2)6-11(13)14/h3-5,7,11H,6,15H2,1-2H3/t7-/m1/s1.